The van der Waals surface area contributed by atoms with Crippen LogP contribution in [0.25, 0.3) is 11.0 Å². The maximum Gasteiger partial charge on any atom is 0.274 e. The lowest BCUT2D eigenvalue weighted by Crippen LogP contribution is -2.58. The van der Waals surface area contributed by atoms with Gasteiger partial charge in [0.25, 0.3) is 11.8 Å². The molecule has 3 N–H and O–H groups in total. The lowest BCUT2D eigenvalue weighted by molar-refractivity contribution is -0.141. The zero-order valence-electron chi connectivity index (χ0n) is 28.8. The number of carbonyl (C=O) groups excluding carboxylic acids is 4. The Bertz CT molecular complexity index is 2050. The number of carbonyl (C=O) groups is 4. The fourth-order valence-electron chi connectivity index (χ4n) is 6.88. The SMILES string of the molecule is Cc1nc2ccc(F)cc2nc1O[C@@H]1C[C@H]2C(=O)N[C@]3(C(=O)NS(=O)(=O)C4(C)CC4)C[C@H]3C=CCCCCC[C@H](NC(=O)c3ccon3)C(=O)N2C1. The number of benzene rings is 1. The summed E-state index contributed by atoms with van der Waals surface area (Å²) in [7, 11) is -4.01. The molecule has 52 heavy (non-hydrogen) atoms. The summed E-state index contributed by atoms with van der Waals surface area (Å²) >= 11 is 0. The number of rotatable bonds is 7. The summed E-state index contributed by atoms with van der Waals surface area (Å²) in [6.45, 7) is 3.15. The molecule has 276 valence electrons. The molecule has 17 heteroatoms. The van der Waals surface area contributed by atoms with Gasteiger partial charge in [-0.25, -0.2) is 22.8 Å². The lowest BCUT2D eigenvalue weighted by Gasteiger charge is -2.30. The van der Waals surface area contributed by atoms with Crippen molar-refractivity contribution >= 4 is 44.7 Å². The Morgan fingerprint density at radius 1 is 1.12 bits per heavy atom. The van der Waals surface area contributed by atoms with Gasteiger partial charge in [-0.1, -0.05) is 30.2 Å². The van der Waals surface area contributed by atoms with E-state index in [4.69, 9.17) is 9.26 Å². The molecule has 4 amide bonds. The van der Waals surface area contributed by atoms with Gasteiger partial charge in [0.1, 0.15) is 41.5 Å². The van der Waals surface area contributed by atoms with Crippen LogP contribution in [0.2, 0.25) is 0 Å². The third kappa shape index (κ3) is 6.97. The normalized spacial score (nSPS) is 27.4. The maximum absolute atomic E-state index is 14.4. The van der Waals surface area contributed by atoms with E-state index in [0.29, 0.717) is 36.9 Å². The highest BCUT2D eigenvalue weighted by atomic mass is 32.2. The van der Waals surface area contributed by atoms with Gasteiger partial charge in [-0.15, -0.1) is 0 Å². The van der Waals surface area contributed by atoms with Crippen LogP contribution in [0.5, 0.6) is 5.88 Å². The van der Waals surface area contributed by atoms with E-state index in [2.05, 4.69) is 30.5 Å². The predicted octanol–water partition coefficient (Wildman–Crippen LogP) is 2.61. The van der Waals surface area contributed by atoms with Crippen molar-refractivity contribution in [1.29, 1.82) is 0 Å². The van der Waals surface area contributed by atoms with Crippen molar-refractivity contribution in [3.05, 3.63) is 59.9 Å². The summed E-state index contributed by atoms with van der Waals surface area (Å²) in [6, 6.07) is 3.15. The van der Waals surface area contributed by atoms with E-state index in [9.17, 15) is 32.0 Å². The van der Waals surface area contributed by atoms with Gasteiger partial charge in [0.15, 0.2) is 5.69 Å². The minimum absolute atomic E-state index is 0.0183. The van der Waals surface area contributed by atoms with Gasteiger partial charge in [0.2, 0.25) is 27.7 Å². The first kappa shape index (κ1) is 35.5. The van der Waals surface area contributed by atoms with Gasteiger partial charge in [-0.3, -0.25) is 23.9 Å². The van der Waals surface area contributed by atoms with Crippen molar-refractivity contribution < 1.29 is 41.2 Å². The molecule has 2 aromatic heterocycles. The van der Waals surface area contributed by atoms with E-state index in [-0.39, 0.29) is 42.9 Å². The average Bonchev–Trinajstić information content (AvgIpc) is 3.84. The largest absolute Gasteiger partial charge is 0.471 e. The minimum atomic E-state index is -4.01. The predicted molar refractivity (Wildman–Crippen MR) is 182 cm³/mol. The number of allylic oxidation sites excluding steroid dienone is 1. The molecule has 15 nitrogen and oxygen atoms in total. The Labute approximate surface area is 299 Å². The first-order valence-corrected chi connectivity index (χ1v) is 18.9. The zero-order valence-corrected chi connectivity index (χ0v) is 29.6. The first-order chi connectivity index (χ1) is 24.8. The number of nitrogens with zero attached hydrogens (tertiary/aromatic N) is 4. The van der Waals surface area contributed by atoms with Crippen LogP contribution in [-0.2, 0) is 24.4 Å². The molecule has 4 heterocycles. The molecule has 2 aliphatic carbocycles. The molecule has 0 unspecified atom stereocenters. The molecule has 2 aliphatic heterocycles. The first-order valence-electron chi connectivity index (χ1n) is 17.5. The van der Waals surface area contributed by atoms with Crippen LogP contribution in [0, 0.1) is 18.7 Å². The van der Waals surface area contributed by atoms with Gasteiger partial charge < -0.3 is 24.8 Å². The minimum Gasteiger partial charge on any atom is -0.471 e. The number of sulfonamides is 1. The fraction of sp³-hybridized carbons (Fsp3) is 0.514. The number of hydrogen-bond donors (Lipinski definition) is 3. The van der Waals surface area contributed by atoms with Crippen LogP contribution in [0.15, 0.2) is 47.2 Å². The Hall–Kier alpha value is -4.93. The Balaban J connectivity index is 1.19. The van der Waals surface area contributed by atoms with Crippen molar-refractivity contribution in [3.63, 3.8) is 0 Å². The van der Waals surface area contributed by atoms with Crippen molar-refractivity contribution in [2.24, 2.45) is 5.92 Å². The number of fused-ring (bicyclic) bond motifs is 3. The van der Waals surface area contributed by atoms with Gasteiger partial charge in [0, 0.05) is 24.5 Å². The third-order valence-electron chi connectivity index (χ3n) is 10.5. The average molecular weight is 738 g/mol. The summed E-state index contributed by atoms with van der Waals surface area (Å²) in [5, 5.41) is 9.26. The third-order valence-corrected chi connectivity index (χ3v) is 12.6. The standard InChI is InChI=1S/C35H40FN7O8S/c1-20-31(39-27-16-22(36)10-11-24(27)37-20)51-23-17-28-30(45)40-35(33(47)42-52(48,49)34(2)13-14-34)18-21(35)8-6-4-3-5-7-9-26(32(46)43(28)19-23)38-29(44)25-12-15-50-41-25/h6,8,10-12,15-16,21,23,26,28H,3-5,7,9,13-14,17-19H2,1-2H3,(H,38,44)(H,40,45)(H,42,47)/t21-,23-,26+,28+,35-/m1/s1. The molecule has 4 aliphatic rings. The highest BCUT2D eigenvalue weighted by Gasteiger charge is 2.63. The molecule has 2 saturated carbocycles. The van der Waals surface area contributed by atoms with Crippen LogP contribution in [0.1, 0.15) is 80.9 Å². The van der Waals surface area contributed by atoms with Crippen molar-refractivity contribution in [3.8, 4) is 5.88 Å². The summed E-state index contributed by atoms with van der Waals surface area (Å²) in [5.74, 6) is -3.56. The lowest BCUT2D eigenvalue weighted by atomic mass is 10.0. The summed E-state index contributed by atoms with van der Waals surface area (Å²) < 4.78 is 52.4. The van der Waals surface area contributed by atoms with Crippen LogP contribution in [0.4, 0.5) is 4.39 Å². The van der Waals surface area contributed by atoms with Gasteiger partial charge in [0.05, 0.1) is 22.3 Å². The number of amides is 4. The quantitative estimate of drug-likeness (QED) is 0.301. The van der Waals surface area contributed by atoms with Crippen LogP contribution < -0.4 is 20.1 Å². The highest BCUT2D eigenvalue weighted by molar-refractivity contribution is 7.91. The smallest absolute Gasteiger partial charge is 0.274 e. The van der Waals surface area contributed by atoms with Gasteiger partial charge in [-0.05, 0) is 64.5 Å². The van der Waals surface area contributed by atoms with Crippen molar-refractivity contribution in [2.75, 3.05) is 6.54 Å². The Morgan fingerprint density at radius 3 is 2.67 bits per heavy atom. The Morgan fingerprint density at radius 2 is 1.92 bits per heavy atom. The second-order valence-corrected chi connectivity index (χ2v) is 16.6. The van der Waals surface area contributed by atoms with E-state index in [1.807, 2.05) is 12.2 Å². The number of halogens is 1. The van der Waals surface area contributed by atoms with E-state index < -0.39 is 73.9 Å². The van der Waals surface area contributed by atoms with Crippen LogP contribution in [-0.4, -0.2) is 87.1 Å². The molecule has 1 saturated heterocycles. The molecule has 5 atom stereocenters. The zero-order chi connectivity index (χ0) is 36.8. The van der Waals surface area contributed by atoms with E-state index in [1.165, 1.54) is 35.4 Å². The highest BCUT2D eigenvalue weighted by Crippen LogP contribution is 2.47. The second kappa shape index (κ2) is 13.6. The van der Waals surface area contributed by atoms with Gasteiger partial charge in [-0.2, -0.15) is 0 Å². The molecule has 3 fully saturated rings. The summed E-state index contributed by atoms with van der Waals surface area (Å²) in [5.41, 5.74) is -0.445. The van der Waals surface area contributed by atoms with Gasteiger partial charge >= 0.3 is 0 Å². The summed E-state index contributed by atoms with van der Waals surface area (Å²) in [4.78, 5) is 65.8. The Kier molecular flexibility index (Phi) is 9.25. The molecule has 7 rings (SSSR count). The molecule has 0 radical (unpaired) electrons. The number of aryl methyl sites for hydroxylation is 1. The van der Waals surface area contributed by atoms with E-state index in [0.717, 1.165) is 12.8 Å². The number of ether oxygens (including phenoxy) is 1. The number of aromatic nitrogens is 3. The number of nitrogens with one attached hydrogen (secondary N) is 3. The molecular weight excluding hydrogens is 697 g/mol. The molecule has 1 aromatic carbocycles. The maximum atomic E-state index is 14.4. The van der Waals surface area contributed by atoms with Crippen molar-refractivity contribution in [1.82, 2.24) is 35.4 Å². The number of hydrogen-bond acceptors (Lipinski definition) is 11. The second-order valence-electron chi connectivity index (χ2n) is 14.4. The summed E-state index contributed by atoms with van der Waals surface area (Å²) in [6.07, 6.45) is 8.20. The molecular formula is C35H40FN7O8S. The van der Waals surface area contributed by atoms with Crippen molar-refractivity contribution in [2.45, 2.75) is 100 Å². The van der Waals surface area contributed by atoms with Crippen LogP contribution in [0.3, 0.4) is 0 Å². The molecule has 3 aromatic rings. The van der Waals surface area contributed by atoms with Crippen LogP contribution >= 0.6 is 0 Å². The fourth-order valence-corrected chi connectivity index (χ4v) is 8.19. The van der Waals surface area contributed by atoms with E-state index >= 15 is 0 Å². The molecule has 0 bridgehead atoms. The monoisotopic (exact) mass is 737 g/mol. The topological polar surface area (TPSA) is 203 Å². The van der Waals surface area contributed by atoms with E-state index in [1.54, 1.807) is 13.8 Å². The molecule has 0 spiro atoms.